The van der Waals surface area contributed by atoms with Gasteiger partial charge in [-0.05, 0) is 37.3 Å². The Morgan fingerprint density at radius 1 is 1.35 bits per heavy atom. The van der Waals surface area contributed by atoms with Gasteiger partial charge < -0.3 is 10.0 Å². The third-order valence-corrected chi connectivity index (χ3v) is 3.62. The van der Waals surface area contributed by atoms with E-state index in [-0.39, 0.29) is 0 Å². The number of pyridine rings is 1. The highest BCUT2D eigenvalue weighted by Crippen LogP contribution is 2.28. The van der Waals surface area contributed by atoms with E-state index in [1.165, 1.54) is 12.8 Å². The summed E-state index contributed by atoms with van der Waals surface area (Å²) in [6.07, 6.45) is 3.87. The van der Waals surface area contributed by atoms with Crippen LogP contribution in [0.25, 0.3) is 0 Å². The summed E-state index contributed by atoms with van der Waals surface area (Å²) in [5.74, 6) is 1.71. The average Bonchev–Trinajstić information content (AvgIpc) is 2.78. The Morgan fingerprint density at radius 3 is 2.65 bits per heavy atom. The molecule has 1 aliphatic rings. The minimum Gasteiger partial charge on any atom is -0.389 e. The maximum absolute atomic E-state index is 9.47. The van der Waals surface area contributed by atoms with Crippen LogP contribution in [0.15, 0.2) is 18.3 Å². The first-order valence-corrected chi connectivity index (χ1v) is 6.50. The van der Waals surface area contributed by atoms with Crippen LogP contribution in [-0.4, -0.2) is 22.7 Å². The Balaban J connectivity index is 2.16. The summed E-state index contributed by atoms with van der Waals surface area (Å²) in [4.78, 5) is 6.88. The molecule has 2 unspecified atom stereocenters. The summed E-state index contributed by atoms with van der Waals surface area (Å²) in [6.45, 7) is 7.41. The van der Waals surface area contributed by atoms with Gasteiger partial charge in [0.05, 0.1) is 6.10 Å². The number of anilines is 1. The lowest BCUT2D eigenvalue weighted by atomic mass is 10.0. The maximum atomic E-state index is 9.47. The summed E-state index contributed by atoms with van der Waals surface area (Å²) in [5, 5.41) is 9.47. The molecule has 3 heteroatoms. The molecule has 3 nitrogen and oxygen atoms in total. The fourth-order valence-electron chi connectivity index (χ4n) is 2.58. The number of aliphatic hydroxyl groups is 1. The quantitative estimate of drug-likeness (QED) is 0.873. The Kier molecular flexibility index (Phi) is 3.67. The highest BCUT2D eigenvalue weighted by molar-refractivity contribution is 5.42. The van der Waals surface area contributed by atoms with Crippen molar-refractivity contribution >= 4 is 5.82 Å². The average molecular weight is 234 g/mol. The molecule has 0 aromatic carbocycles. The van der Waals surface area contributed by atoms with Gasteiger partial charge in [-0.15, -0.1) is 0 Å². The molecule has 1 aromatic heterocycles. The highest BCUT2D eigenvalue weighted by atomic mass is 16.3. The minimum atomic E-state index is -0.434. The summed E-state index contributed by atoms with van der Waals surface area (Å²) in [5.41, 5.74) is 0.883. The van der Waals surface area contributed by atoms with Crippen LogP contribution >= 0.6 is 0 Å². The summed E-state index contributed by atoms with van der Waals surface area (Å²) < 4.78 is 0. The summed E-state index contributed by atoms with van der Waals surface area (Å²) >= 11 is 0. The summed E-state index contributed by atoms with van der Waals surface area (Å²) in [7, 11) is 0. The lowest BCUT2D eigenvalue weighted by molar-refractivity contribution is 0.199. The van der Waals surface area contributed by atoms with Crippen molar-refractivity contribution in [1.82, 2.24) is 4.98 Å². The second kappa shape index (κ2) is 5.05. The van der Waals surface area contributed by atoms with Gasteiger partial charge in [-0.3, -0.25) is 0 Å². The predicted molar refractivity (Wildman–Crippen MR) is 70.1 cm³/mol. The fourth-order valence-corrected chi connectivity index (χ4v) is 2.58. The van der Waals surface area contributed by atoms with Crippen molar-refractivity contribution in [3.05, 3.63) is 23.9 Å². The zero-order valence-corrected chi connectivity index (χ0v) is 10.9. The third kappa shape index (κ3) is 2.60. The molecule has 1 aromatic rings. The van der Waals surface area contributed by atoms with Gasteiger partial charge in [0.2, 0.25) is 0 Å². The molecule has 2 heterocycles. The molecule has 2 atom stereocenters. The summed E-state index contributed by atoms with van der Waals surface area (Å²) in [6, 6.07) is 4.62. The normalized spacial score (nSPS) is 22.2. The van der Waals surface area contributed by atoms with Crippen molar-refractivity contribution in [3.63, 3.8) is 0 Å². The second-order valence-corrected chi connectivity index (χ2v) is 5.27. The highest BCUT2D eigenvalue weighted by Gasteiger charge is 2.27. The van der Waals surface area contributed by atoms with Crippen LogP contribution in [0.2, 0.25) is 0 Å². The smallest absolute Gasteiger partial charge is 0.128 e. The molecule has 0 aliphatic carbocycles. The maximum Gasteiger partial charge on any atom is 0.128 e. The molecular formula is C14H22N2O. The minimum absolute atomic E-state index is 0.434. The molecule has 17 heavy (non-hydrogen) atoms. The van der Waals surface area contributed by atoms with E-state index >= 15 is 0 Å². The topological polar surface area (TPSA) is 36.4 Å². The van der Waals surface area contributed by atoms with Crippen molar-refractivity contribution < 1.29 is 5.11 Å². The van der Waals surface area contributed by atoms with Crippen LogP contribution in [-0.2, 0) is 0 Å². The van der Waals surface area contributed by atoms with Crippen LogP contribution in [0.4, 0.5) is 5.82 Å². The molecule has 0 amide bonds. The van der Waals surface area contributed by atoms with E-state index in [1.807, 2.05) is 12.1 Å². The second-order valence-electron chi connectivity index (χ2n) is 5.27. The molecule has 1 fully saturated rings. The monoisotopic (exact) mass is 234 g/mol. The number of nitrogens with zero attached hydrogens (tertiary/aromatic N) is 2. The lowest BCUT2D eigenvalue weighted by Crippen LogP contribution is -2.33. The van der Waals surface area contributed by atoms with Gasteiger partial charge >= 0.3 is 0 Å². The van der Waals surface area contributed by atoms with Crippen molar-refractivity contribution in [2.75, 3.05) is 11.4 Å². The molecule has 1 saturated heterocycles. The Bertz CT molecular complexity index is 359. The van der Waals surface area contributed by atoms with Crippen molar-refractivity contribution in [1.29, 1.82) is 0 Å². The van der Waals surface area contributed by atoms with Gasteiger partial charge in [0.25, 0.3) is 0 Å². The first kappa shape index (κ1) is 12.4. The van der Waals surface area contributed by atoms with Crippen molar-refractivity contribution in [2.24, 2.45) is 5.92 Å². The third-order valence-electron chi connectivity index (χ3n) is 3.62. The molecular weight excluding hydrogens is 212 g/mol. The number of aliphatic hydroxyl groups excluding tert-OH is 1. The molecule has 2 rings (SSSR count). The van der Waals surface area contributed by atoms with Crippen LogP contribution < -0.4 is 4.90 Å². The van der Waals surface area contributed by atoms with Crippen molar-refractivity contribution in [3.8, 4) is 0 Å². The van der Waals surface area contributed by atoms with E-state index in [0.717, 1.165) is 17.9 Å². The van der Waals surface area contributed by atoms with Gasteiger partial charge in [0, 0.05) is 18.8 Å². The van der Waals surface area contributed by atoms with E-state index < -0.39 is 6.10 Å². The largest absolute Gasteiger partial charge is 0.389 e. The van der Waals surface area contributed by atoms with Crippen LogP contribution in [0, 0.1) is 5.92 Å². The molecule has 0 radical (unpaired) electrons. The predicted octanol–water partition coefficient (Wildman–Crippen LogP) is 2.76. The zero-order chi connectivity index (χ0) is 12.4. The van der Waals surface area contributed by atoms with E-state index in [2.05, 4.69) is 23.7 Å². The van der Waals surface area contributed by atoms with Gasteiger partial charge in [-0.2, -0.15) is 0 Å². The Morgan fingerprint density at radius 2 is 2.12 bits per heavy atom. The molecule has 0 spiro atoms. The van der Waals surface area contributed by atoms with E-state index in [0.29, 0.717) is 12.0 Å². The van der Waals surface area contributed by atoms with Crippen LogP contribution in [0.3, 0.4) is 0 Å². The van der Waals surface area contributed by atoms with E-state index in [9.17, 15) is 5.11 Å². The Labute approximate surface area is 103 Å². The number of hydrogen-bond donors (Lipinski definition) is 1. The zero-order valence-electron chi connectivity index (χ0n) is 10.9. The Hall–Kier alpha value is -1.09. The van der Waals surface area contributed by atoms with Gasteiger partial charge in [0.1, 0.15) is 5.82 Å². The van der Waals surface area contributed by atoms with Crippen LogP contribution in [0.5, 0.6) is 0 Å². The molecule has 1 N–H and O–H groups in total. The standard InChI is InChI=1S/C14H22N2O/c1-10(2)13-5-4-8-16(13)14-7-6-12(9-15-14)11(3)17/h6-7,9-11,13,17H,4-5,8H2,1-3H3. The SMILES string of the molecule is CC(O)c1ccc(N2CCCC2C(C)C)nc1. The fraction of sp³-hybridized carbons (Fsp3) is 0.643. The molecule has 94 valence electrons. The lowest BCUT2D eigenvalue weighted by Gasteiger charge is -2.28. The van der Waals surface area contributed by atoms with E-state index in [4.69, 9.17) is 0 Å². The molecule has 0 saturated carbocycles. The van der Waals surface area contributed by atoms with Crippen molar-refractivity contribution in [2.45, 2.75) is 45.8 Å². The number of aromatic nitrogens is 1. The number of rotatable bonds is 3. The molecule has 1 aliphatic heterocycles. The van der Waals surface area contributed by atoms with Crippen LogP contribution in [0.1, 0.15) is 45.3 Å². The molecule has 0 bridgehead atoms. The first-order valence-electron chi connectivity index (χ1n) is 6.50. The first-order chi connectivity index (χ1) is 8.09. The van der Waals surface area contributed by atoms with Gasteiger partial charge in [0.15, 0.2) is 0 Å². The van der Waals surface area contributed by atoms with E-state index in [1.54, 1.807) is 13.1 Å². The number of hydrogen-bond acceptors (Lipinski definition) is 3. The van der Waals surface area contributed by atoms with Gasteiger partial charge in [-0.1, -0.05) is 19.9 Å². The van der Waals surface area contributed by atoms with Gasteiger partial charge in [-0.25, -0.2) is 4.98 Å².